The second kappa shape index (κ2) is 6.58. The van der Waals surface area contributed by atoms with E-state index in [1.165, 1.54) is 0 Å². The number of nitrogens with zero attached hydrogens (tertiary/aromatic N) is 7. The Hall–Kier alpha value is -2.85. The van der Waals surface area contributed by atoms with Gasteiger partial charge in [-0.15, -0.1) is 0 Å². The molecule has 0 amide bonds. The molecule has 10 heteroatoms. The first-order valence-corrected chi connectivity index (χ1v) is 10.1. The van der Waals surface area contributed by atoms with Crippen LogP contribution in [0.4, 0.5) is 11.8 Å². The predicted octanol–water partition coefficient (Wildman–Crippen LogP) is 1.75. The van der Waals surface area contributed by atoms with Gasteiger partial charge in [0.15, 0.2) is 22.8 Å². The topological polar surface area (TPSA) is 117 Å². The standard InChI is InChI=1S/C20H26N8O2/c1-19(2)11-27(5-7-29-19)15-13-16(28-6-8-30-20(3,4)17(28)24-13)26-14(25-15)12-9-22-18(21)23-10-12/h9-10H,5-8,11H2,1-4H3,(H2,21,22,23). The Labute approximate surface area is 174 Å². The summed E-state index contributed by atoms with van der Waals surface area (Å²) < 4.78 is 14.0. The number of imidazole rings is 1. The average Bonchev–Trinajstić information content (AvgIpc) is 3.07. The highest BCUT2D eigenvalue weighted by Gasteiger charge is 2.36. The monoisotopic (exact) mass is 410 g/mol. The number of anilines is 2. The minimum Gasteiger partial charge on any atom is -0.372 e. The van der Waals surface area contributed by atoms with Crippen LogP contribution in [0.2, 0.25) is 0 Å². The van der Waals surface area contributed by atoms with Crippen molar-refractivity contribution in [3.63, 3.8) is 0 Å². The van der Waals surface area contributed by atoms with Crippen LogP contribution in [-0.4, -0.2) is 61.4 Å². The number of hydrogen-bond donors (Lipinski definition) is 1. The van der Waals surface area contributed by atoms with Crippen molar-refractivity contribution in [2.45, 2.75) is 45.4 Å². The maximum atomic E-state index is 5.97. The van der Waals surface area contributed by atoms with Crippen LogP contribution < -0.4 is 10.6 Å². The molecule has 1 saturated heterocycles. The number of morpholine rings is 1. The van der Waals surface area contributed by atoms with Gasteiger partial charge in [0.25, 0.3) is 0 Å². The summed E-state index contributed by atoms with van der Waals surface area (Å²) in [6, 6.07) is 0. The third kappa shape index (κ3) is 3.16. The Morgan fingerprint density at radius 1 is 0.967 bits per heavy atom. The first kappa shape index (κ1) is 19.1. The molecule has 30 heavy (non-hydrogen) atoms. The van der Waals surface area contributed by atoms with E-state index in [0.29, 0.717) is 37.7 Å². The van der Waals surface area contributed by atoms with Gasteiger partial charge >= 0.3 is 0 Å². The van der Waals surface area contributed by atoms with Crippen molar-refractivity contribution < 1.29 is 9.47 Å². The van der Waals surface area contributed by atoms with E-state index in [1.54, 1.807) is 12.4 Å². The van der Waals surface area contributed by atoms with Crippen LogP contribution in [0.5, 0.6) is 0 Å². The van der Waals surface area contributed by atoms with E-state index in [2.05, 4.69) is 33.3 Å². The zero-order valence-corrected chi connectivity index (χ0v) is 17.7. The molecule has 5 heterocycles. The van der Waals surface area contributed by atoms with Crippen LogP contribution in [0.25, 0.3) is 22.6 Å². The van der Waals surface area contributed by atoms with E-state index in [9.17, 15) is 0 Å². The van der Waals surface area contributed by atoms with Crippen LogP contribution >= 0.6 is 0 Å². The van der Waals surface area contributed by atoms with Crippen LogP contribution in [0, 0.1) is 0 Å². The maximum absolute atomic E-state index is 5.97. The molecule has 2 aliphatic heterocycles. The maximum Gasteiger partial charge on any atom is 0.219 e. The Morgan fingerprint density at radius 3 is 2.43 bits per heavy atom. The van der Waals surface area contributed by atoms with Crippen molar-refractivity contribution in [3.05, 3.63) is 18.2 Å². The van der Waals surface area contributed by atoms with E-state index in [-0.39, 0.29) is 11.5 Å². The average molecular weight is 410 g/mol. The third-order valence-corrected chi connectivity index (χ3v) is 5.55. The molecule has 0 aliphatic carbocycles. The molecule has 10 nitrogen and oxygen atoms in total. The van der Waals surface area contributed by atoms with E-state index in [4.69, 9.17) is 30.2 Å². The Bertz CT molecular complexity index is 1110. The largest absolute Gasteiger partial charge is 0.372 e. The summed E-state index contributed by atoms with van der Waals surface area (Å²) in [5.74, 6) is 2.42. The quantitative estimate of drug-likeness (QED) is 0.674. The van der Waals surface area contributed by atoms with E-state index < -0.39 is 5.60 Å². The van der Waals surface area contributed by atoms with Gasteiger partial charge in [0.05, 0.1) is 24.4 Å². The van der Waals surface area contributed by atoms with Crippen molar-refractivity contribution in [1.29, 1.82) is 0 Å². The van der Waals surface area contributed by atoms with Gasteiger partial charge in [-0.3, -0.25) is 0 Å². The zero-order valence-electron chi connectivity index (χ0n) is 17.7. The lowest BCUT2D eigenvalue weighted by molar-refractivity contribution is -0.0530. The third-order valence-electron chi connectivity index (χ3n) is 5.55. The van der Waals surface area contributed by atoms with Gasteiger partial charge in [-0.2, -0.15) is 0 Å². The summed E-state index contributed by atoms with van der Waals surface area (Å²) in [5, 5.41) is 0. The molecule has 0 bridgehead atoms. The number of aromatic nitrogens is 6. The Kier molecular flexibility index (Phi) is 4.19. The fourth-order valence-corrected chi connectivity index (χ4v) is 4.11. The number of hydrogen-bond acceptors (Lipinski definition) is 9. The number of nitrogens with two attached hydrogens (primary N) is 1. The van der Waals surface area contributed by atoms with Crippen LogP contribution in [0.1, 0.15) is 33.5 Å². The molecule has 3 aromatic rings. The molecule has 3 aromatic heterocycles. The van der Waals surface area contributed by atoms with Crippen LogP contribution in [0.3, 0.4) is 0 Å². The molecular formula is C20H26N8O2. The minimum atomic E-state index is -0.495. The van der Waals surface area contributed by atoms with Crippen molar-refractivity contribution >= 4 is 22.9 Å². The molecule has 0 saturated carbocycles. The summed E-state index contributed by atoms with van der Waals surface area (Å²) in [7, 11) is 0. The molecule has 2 N–H and O–H groups in total. The van der Waals surface area contributed by atoms with Gasteiger partial charge < -0.3 is 24.7 Å². The van der Waals surface area contributed by atoms with E-state index in [0.717, 1.165) is 29.4 Å². The van der Waals surface area contributed by atoms with Crippen molar-refractivity contribution in [3.8, 4) is 11.4 Å². The lowest BCUT2D eigenvalue weighted by atomic mass is 10.1. The van der Waals surface area contributed by atoms with E-state index in [1.807, 2.05) is 13.8 Å². The second-order valence-corrected chi connectivity index (χ2v) is 8.85. The molecule has 2 aliphatic rings. The highest BCUT2D eigenvalue weighted by Crippen LogP contribution is 2.35. The van der Waals surface area contributed by atoms with E-state index >= 15 is 0 Å². The number of nitrogen functional groups attached to an aromatic ring is 1. The molecular weight excluding hydrogens is 384 g/mol. The first-order chi connectivity index (χ1) is 14.2. The molecule has 0 spiro atoms. The Morgan fingerprint density at radius 2 is 1.70 bits per heavy atom. The lowest BCUT2D eigenvalue weighted by Crippen LogP contribution is -2.48. The van der Waals surface area contributed by atoms with Crippen molar-refractivity contribution in [2.75, 3.05) is 36.9 Å². The summed E-state index contributed by atoms with van der Waals surface area (Å²) in [5.41, 5.74) is 7.18. The molecule has 158 valence electrons. The first-order valence-electron chi connectivity index (χ1n) is 10.1. The number of rotatable bonds is 2. The van der Waals surface area contributed by atoms with Crippen molar-refractivity contribution in [1.82, 2.24) is 29.5 Å². The predicted molar refractivity (Wildman–Crippen MR) is 112 cm³/mol. The summed E-state index contributed by atoms with van der Waals surface area (Å²) >= 11 is 0. The molecule has 0 unspecified atom stereocenters. The summed E-state index contributed by atoms with van der Waals surface area (Å²) in [4.78, 5) is 25.2. The smallest absolute Gasteiger partial charge is 0.219 e. The normalized spacial score (nSPS) is 20.3. The molecule has 0 atom stereocenters. The van der Waals surface area contributed by atoms with Gasteiger partial charge in [-0.25, -0.2) is 24.9 Å². The fourth-order valence-electron chi connectivity index (χ4n) is 4.11. The number of ether oxygens (including phenoxy) is 2. The minimum absolute atomic E-state index is 0.218. The van der Waals surface area contributed by atoms with Gasteiger partial charge in [0, 0.05) is 32.0 Å². The second-order valence-electron chi connectivity index (χ2n) is 8.85. The highest BCUT2D eigenvalue weighted by molar-refractivity contribution is 5.86. The SMILES string of the molecule is CC1(C)CN(c2nc(-c3cnc(N)nc3)nc3c2nc2n3CCOC2(C)C)CCO1. The van der Waals surface area contributed by atoms with Crippen LogP contribution in [0.15, 0.2) is 12.4 Å². The number of fused-ring (bicyclic) bond motifs is 3. The van der Waals surface area contributed by atoms with Gasteiger partial charge in [-0.05, 0) is 27.7 Å². The molecule has 5 rings (SSSR count). The van der Waals surface area contributed by atoms with Crippen LogP contribution in [-0.2, 0) is 21.6 Å². The Balaban J connectivity index is 1.74. The van der Waals surface area contributed by atoms with Gasteiger partial charge in [0.1, 0.15) is 11.4 Å². The molecule has 0 radical (unpaired) electrons. The van der Waals surface area contributed by atoms with Gasteiger partial charge in [0.2, 0.25) is 5.95 Å². The molecule has 0 aromatic carbocycles. The summed E-state index contributed by atoms with van der Waals surface area (Å²) in [6.07, 6.45) is 3.30. The zero-order chi connectivity index (χ0) is 21.1. The highest BCUT2D eigenvalue weighted by atomic mass is 16.5. The lowest BCUT2D eigenvalue weighted by Gasteiger charge is -2.38. The van der Waals surface area contributed by atoms with Crippen molar-refractivity contribution in [2.24, 2.45) is 0 Å². The van der Waals surface area contributed by atoms with Gasteiger partial charge in [-0.1, -0.05) is 0 Å². The summed E-state index contributed by atoms with van der Waals surface area (Å²) in [6.45, 7) is 11.6. The fraction of sp³-hybridized carbons (Fsp3) is 0.550. The molecule has 1 fully saturated rings.